The zero-order valence-corrected chi connectivity index (χ0v) is 6.29. The maximum atomic E-state index is 3.81. The van der Waals surface area contributed by atoms with E-state index in [1.165, 1.54) is 12.8 Å². The van der Waals surface area contributed by atoms with Gasteiger partial charge in [-0.05, 0) is 36.5 Å². The number of allylic oxidation sites excluding steroid dienone is 2. The second-order valence-corrected chi connectivity index (χ2v) is 3.60. The molecule has 54 valence electrons. The third kappa shape index (κ3) is 0.828. The van der Waals surface area contributed by atoms with Crippen LogP contribution >= 0.6 is 0 Å². The van der Waals surface area contributed by atoms with Gasteiger partial charge in [-0.1, -0.05) is 12.2 Å². The fourth-order valence-electron chi connectivity index (χ4n) is 2.00. The number of hydrogen-bond acceptors (Lipinski definition) is 0. The molecule has 0 aromatic carbocycles. The molecular weight excluding hydrogens is 120 g/mol. The van der Waals surface area contributed by atoms with Crippen molar-refractivity contribution >= 4 is 0 Å². The molecule has 0 aromatic heterocycles. The highest BCUT2D eigenvalue weighted by Crippen LogP contribution is 2.58. The summed E-state index contributed by atoms with van der Waals surface area (Å²) >= 11 is 0. The van der Waals surface area contributed by atoms with Gasteiger partial charge in [-0.25, -0.2) is 0 Å². The lowest BCUT2D eigenvalue weighted by atomic mass is 10.2. The van der Waals surface area contributed by atoms with Gasteiger partial charge in [-0.2, -0.15) is 0 Å². The van der Waals surface area contributed by atoms with E-state index in [9.17, 15) is 0 Å². The highest BCUT2D eigenvalue weighted by Gasteiger charge is 2.50. The van der Waals surface area contributed by atoms with E-state index in [-0.39, 0.29) is 0 Å². The van der Waals surface area contributed by atoms with Crippen LogP contribution in [0.2, 0.25) is 0 Å². The summed E-state index contributed by atoms with van der Waals surface area (Å²) in [6.07, 6.45) is 7.03. The molecule has 0 heterocycles. The largest absolute Gasteiger partial charge is 0.103 e. The summed E-state index contributed by atoms with van der Waals surface area (Å²) in [5.74, 6) is 3.69. The fraction of sp³-hybridized carbons (Fsp3) is 0.600. The van der Waals surface area contributed by atoms with Crippen LogP contribution in [0, 0.1) is 23.7 Å². The molecule has 0 spiro atoms. The maximum Gasteiger partial charge on any atom is -0.0202 e. The van der Waals surface area contributed by atoms with E-state index < -0.39 is 0 Å². The van der Waals surface area contributed by atoms with Crippen molar-refractivity contribution in [3.8, 4) is 0 Å². The third-order valence-corrected chi connectivity index (χ3v) is 2.94. The molecule has 2 saturated carbocycles. The van der Waals surface area contributed by atoms with Crippen LogP contribution in [0.4, 0.5) is 0 Å². The Kier molecular flexibility index (Phi) is 1.23. The molecule has 0 saturated heterocycles. The second kappa shape index (κ2) is 1.98. The Morgan fingerprint density at radius 2 is 1.30 bits per heavy atom. The molecule has 0 amide bonds. The molecule has 2 aliphatic carbocycles. The average molecular weight is 134 g/mol. The maximum absolute atomic E-state index is 3.81. The van der Waals surface area contributed by atoms with Crippen molar-refractivity contribution in [2.75, 3.05) is 0 Å². The van der Waals surface area contributed by atoms with Crippen molar-refractivity contribution in [3.63, 3.8) is 0 Å². The molecule has 0 aromatic rings. The first-order chi connectivity index (χ1) is 4.86. The van der Waals surface area contributed by atoms with Crippen molar-refractivity contribution in [2.45, 2.75) is 12.8 Å². The first-order valence-electron chi connectivity index (χ1n) is 4.12. The molecule has 0 bridgehead atoms. The molecule has 4 unspecified atom stereocenters. The molecule has 4 atom stereocenters. The summed E-state index contributed by atoms with van der Waals surface area (Å²) in [5, 5.41) is 0. The molecule has 0 heteroatoms. The SMILES string of the molecule is C=CC1CC1C1CC1C=C. The second-order valence-electron chi connectivity index (χ2n) is 3.60. The quantitative estimate of drug-likeness (QED) is 0.520. The van der Waals surface area contributed by atoms with Gasteiger partial charge in [0.25, 0.3) is 0 Å². The third-order valence-electron chi connectivity index (χ3n) is 2.94. The average Bonchev–Trinajstić information content (AvgIpc) is 2.83. The Bertz CT molecular complexity index is 149. The highest BCUT2D eigenvalue weighted by molar-refractivity contribution is 5.11. The lowest BCUT2D eigenvalue weighted by molar-refractivity contribution is 0.651. The molecule has 0 nitrogen and oxygen atoms in total. The van der Waals surface area contributed by atoms with E-state index >= 15 is 0 Å². The van der Waals surface area contributed by atoms with Gasteiger partial charge in [-0.15, -0.1) is 13.2 Å². The minimum Gasteiger partial charge on any atom is -0.103 e. The van der Waals surface area contributed by atoms with E-state index in [0.29, 0.717) is 0 Å². The van der Waals surface area contributed by atoms with E-state index in [0.717, 1.165) is 23.7 Å². The molecule has 2 fully saturated rings. The molecule has 0 N–H and O–H groups in total. The summed E-state index contributed by atoms with van der Waals surface area (Å²) < 4.78 is 0. The van der Waals surface area contributed by atoms with Crippen LogP contribution < -0.4 is 0 Å². The summed E-state index contributed by atoms with van der Waals surface area (Å²) in [6.45, 7) is 7.62. The van der Waals surface area contributed by atoms with Crippen LogP contribution in [-0.2, 0) is 0 Å². The predicted octanol–water partition coefficient (Wildman–Crippen LogP) is 2.63. The van der Waals surface area contributed by atoms with Gasteiger partial charge in [0.05, 0.1) is 0 Å². The Balaban J connectivity index is 1.84. The van der Waals surface area contributed by atoms with Crippen LogP contribution in [0.3, 0.4) is 0 Å². The number of rotatable bonds is 3. The topological polar surface area (TPSA) is 0 Å². The normalized spacial score (nSPS) is 50.0. The van der Waals surface area contributed by atoms with Crippen LogP contribution in [-0.4, -0.2) is 0 Å². The van der Waals surface area contributed by atoms with Gasteiger partial charge in [0, 0.05) is 0 Å². The first kappa shape index (κ1) is 6.21. The first-order valence-corrected chi connectivity index (χ1v) is 4.12. The van der Waals surface area contributed by atoms with Crippen molar-refractivity contribution in [3.05, 3.63) is 25.3 Å². The summed E-state index contributed by atoms with van der Waals surface area (Å²) in [5.41, 5.74) is 0. The highest BCUT2D eigenvalue weighted by atomic mass is 14.5. The summed E-state index contributed by atoms with van der Waals surface area (Å²) in [7, 11) is 0. The Morgan fingerprint density at radius 3 is 1.50 bits per heavy atom. The van der Waals surface area contributed by atoms with Crippen LogP contribution in [0.5, 0.6) is 0 Å². The molecular formula is C10H14. The molecule has 10 heavy (non-hydrogen) atoms. The fourth-order valence-corrected chi connectivity index (χ4v) is 2.00. The van der Waals surface area contributed by atoms with Gasteiger partial charge < -0.3 is 0 Å². The lowest BCUT2D eigenvalue weighted by Gasteiger charge is -1.89. The van der Waals surface area contributed by atoms with Crippen molar-refractivity contribution in [2.24, 2.45) is 23.7 Å². The van der Waals surface area contributed by atoms with Crippen LogP contribution in [0.15, 0.2) is 25.3 Å². The zero-order chi connectivity index (χ0) is 7.14. The summed E-state index contributed by atoms with van der Waals surface area (Å²) in [6, 6.07) is 0. The Labute approximate surface area is 62.6 Å². The predicted molar refractivity (Wildman–Crippen MR) is 43.6 cm³/mol. The molecule has 0 radical (unpaired) electrons. The van der Waals surface area contributed by atoms with Crippen molar-refractivity contribution in [1.82, 2.24) is 0 Å². The minimum absolute atomic E-state index is 0.856. The van der Waals surface area contributed by atoms with Gasteiger partial charge in [0.15, 0.2) is 0 Å². The monoisotopic (exact) mass is 134 g/mol. The minimum atomic E-state index is 0.856. The van der Waals surface area contributed by atoms with Crippen molar-refractivity contribution in [1.29, 1.82) is 0 Å². The zero-order valence-electron chi connectivity index (χ0n) is 6.29. The number of hydrogen-bond donors (Lipinski definition) is 0. The van der Waals surface area contributed by atoms with Crippen LogP contribution in [0.25, 0.3) is 0 Å². The van der Waals surface area contributed by atoms with E-state index in [4.69, 9.17) is 0 Å². The van der Waals surface area contributed by atoms with E-state index in [1.807, 2.05) is 0 Å². The lowest BCUT2D eigenvalue weighted by Crippen LogP contribution is -1.83. The molecule has 2 aliphatic rings. The van der Waals surface area contributed by atoms with Gasteiger partial charge in [0.2, 0.25) is 0 Å². The Morgan fingerprint density at radius 1 is 0.900 bits per heavy atom. The van der Waals surface area contributed by atoms with Gasteiger partial charge in [0.1, 0.15) is 0 Å². The van der Waals surface area contributed by atoms with E-state index in [2.05, 4.69) is 25.3 Å². The molecule has 2 rings (SSSR count). The van der Waals surface area contributed by atoms with E-state index in [1.54, 1.807) is 0 Å². The van der Waals surface area contributed by atoms with Crippen LogP contribution in [0.1, 0.15) is 12.8 Å². The van der Waals surface area contributed by atoms with Gasteiger partial charge in [-0.3, -0.25) is 0 Å². The van der Waals surface area contributed by atoms with Crippen molar-refractivity contribution < 1.29 is 0 Å². The molecule has 0 aliphatic heterocycles. The Hall–Kier alpha value is -0.520. The standard InChI is InChI=1S/C10H14/c1-3-7-5-9(7)10-6-8(10)4-2/h3-4,7-10H,1-2,5-6H2. The van der Waals surface area contributed by atoms with Gasteiger partial charge >= 0.3 is 0 Å². The smallest absolute Gasteiger partial charge is 0.0202 e. The summed E-state index contributed by atoms with van der Waals surface area (Å²) in [4.78, 5) is 0.